The topological polar surface area (TPSA) is 77.3 Å². The summed E-state index contributed by atoms with van der Waals surface area (Å²) in [5, 5.41) is 9.33. The summed E-state index contributed by atoms with van der Waals surface area (Å²) >= 11 is 0. The minimum atomic E-state index is -3.68. The lowest BCUT2D eigenvalue weighted by atomic mass is 10.1. The summed E-state index contributed by atoms with van der Waals surface area (Å²) < 4.78 is 27.4. The number of rotatable bonds is 3. The molecular formula is C18H20N4O2S. The summed E-state index contributed by atoms with van der Waals surface area (Å²) in [7, 11) is -3.68. The first kappa shape index (κ1) is 17.4. The van der Waals surface area contributed by atoms with Crippen LogP contribution in [0, 0.1) is 25.2 Å². The van der Waals surface area contributed by atoms with Crippen molar-refractivity contribution in [2.75, 3.05) is 31.1 Å². The van der Waals surface area contributed by atoms with Gasteiger partial charge in [0.2, 0.25) is 10.0 Å². The van der Waals surface area contributed by atoms with Crippen molar-refractivity contribution in [2.24, 2.45) is 0 Å². The third-order valence-electron chi connectivity index (χ3n) is 4.43. The maximum Gasteiger partial charge on any atom is 0.244 e. The number of aryl methyl sites for hydroxylation is 2. The molecule has 3 rings (SSSR count). The molecule has 0 aliphatic carbocycles. The van der Waals surface area contributed by atoms with E-state index in [4.69, 9.17) is 0 Å². The highest BCUT2D eigenvalue weighted by Gasteiger charge is 2.31. The predicted molar refractivity (Wildman–Crippen MR) is 95.8 cm³/mol. The van der Waals surface area contributed by atoms with Crippen LogP contribution in [0.15, 0.2) is 41.4 Å². The molecule has 0 bridgehead atoms. The van der Waals surface area contributed by atoms with Gasteiger partial charge in [0.15, 0.2) is 0 Å². The Morgan fingerprint density at radius 3 is 2.48 bits per heavy atom. The summed E-state index contributed by atoms with van der Waals surface area (Å²) in [4.78, 5) is 6.54. The van der Waals surface area contributed by atoms with Gasteiger partial charge in [-0.2, -0.15) is 9.57 Å². The lowest BCUT2D eigenvalue weighted by molar-refractivity contribution is 0.383. The van der Waals surface area contributed by atoms with Crippen LogP contribution in [-0.4, -0.2) is 43.9 Å². The standard InChI is InChI=1S/C18H20N4O2S/c1-14-6-7-20-18(12-14)21-8-10-22(11-9-21)25(23,24)17-5-3-4-15(2)16(17)13-19/h3-7,12H,8-11H2,1-2H3. The molecule has 130 valence electrons. The van der Waals surface area contributed by atoms with Gasteiger partial charge in [-0.25, -0.2) is 13.4 Å². The Morgan fingerprint density at radius 2 is 1.84 bits per heavy atom. The SMILES string of the molecule is Cc1ccnc(N2CCN(S(=O)(=O)c3cccc(C)c3C#N)CC2)c1. The van der Waals surface area contributed by atoms with Crippen molar-refractivity contribution in [3.63, 3.8) is 0 Å². The van der Waals surface area contributed by atoms with E-state index in [1.165, 1.54) is 10.4 Å². The first-order valence-corrected chi connectivity index (χ1v) is 9.55. The van der Waals surface area contributed by atoms with E-state index >= 15 is 0 Å². The van der Waals surface area contributed by atoms with Crippen LogP contribution in [0.5, 0.6) is 0 Å². The van der Waals surface area contributed by atoms with Gasteiger partial charge in [-0.3, -0.25) is 0 Å². The Balaban J connectivity index is 1.81. The van der Waals surface area contributed by atoms with Crippen LogP contribution in [0.1, 0.15) is 16.7 Å². The van der Waals surface area contributed by atoms with E-state index < -0.39 is 10.0 Å². The number of aromatic nitrogens is 1. The van der Waals surface area contributed by atoms with Crippen LogP contribution in [-0.2, 0) is 10.0 Å². The first-order valence-electron chi connectivity index (χ1n) is 8.11. The Labute approximate surface area is 148 Å². The van der Waals surface area contributed by atoms with E-state index in [2.05, 4.69) is 9.88 Å². The molecule has 0 amide bonds. The minimum Gasteiger partial charge on any atom is -0.354 e. The number of nitrogens with zero attached hydrogens (tertiary/aromatic N) is 4. The maximum absolute atomic E-state index is 13.0. The van der Waals surface area contributed by atoms with Gasteiger partial charge in [-0.1, -0.05) is 12.1 Å². The Hall–Kier alpha value is -2.43. The van der Waals surface area contributed by atoms with E-state index in [0.29, 0.717) is 31.7 Å². The number of anilines is 1. The van der Waals surface area contributed by atoms with Gasteiger partial charge in [0, 0.05) is 32.4 Å². The van der Waals surface area contributed by atoms with E-state index in [1.807, 2.05) is 25.1 Å². The molecule has 1 aliphatic heterocycles. The summed E-state index contributed by atoms with van der Waals surface area (Å²) in [5.41, 5.74) is 2.02. The molecule has 2 heterocycles. The summed E-state index contributed by atoms with van der Waals surface area (Å²) in [6.45, 7) is 5.65. The average molecular weight is 356 g/mol. The van der Waals surface area contributed by atoms with Crippen LogP contribution in [0.4, 0.5) is 5.82 Å². The number of piperazine rings is 1. The molecule has 25 heavy (non-hydrogen) atoms. The molecule has 1 saturated heterocycles. The van der Waals surface area contributed by atoms with Gasteiger partial charge in [0.25, 0.3) is 0 Å². The zero-order valence-corrected chi connectivity index (χ0v) is 15.1. The highest BCUT2D eigenvalue weighted by atomic mass is 32.2. The fourth-order valence-electron chi connectivity index (χ4n) is 2.99. The number of benzene rings is 1. The lowest BCUT2D eigenvalue weighted by Crippen LogP contribution is -2.49. The minimum absolute atomic E-state index is 0.0946. The van der Waals surface area contributed by atoms with Crippen LogP contribution >= 0.6 is 0 Å². The van der Waals surface area contributed by atoms with Gasteiger partial charge < -0.3 is 4.90 Å². The van der Waals surface area contributed by atoms with Crippen LogP contribution in [0.2, 0.25) is 0 Å². The molecule has 0 atom stereocenters. The molecule has 1 aromatic heterocycles. The smallest absolute Gasteiger partial charge is 0.244 e. The monoisotopic (exact) mass is 356 g/mol. The van der Waals surface area contributed by atoms with Gasteiger partial charge in [0.1, 0.15) is 16.8 Å². The average Bonchev–Trinajstić information content (AvgIpc) is 2.61. The molecule has 7 heteroatoms. The fourth-order valence-corrected chi connectivity index (χ4v) is 4.63. The molecule has 0 radical (unpaired) electrons. The Morgan fingerprint density at radius 1 is 1.12 bits per heavy atom. The summed E-state index contributed by atoms with van der Waals surface area (Å²) in [5.74, 6) is 0.866. The molecule has 6 nitrogen and oxygen atoms in total. The van der Waals surface area contributed by atoms with Crippen molar-refractivity contribution < 1.29 is 8.42 Å². The van der Waals surface area contributed by atoms with E-state index in [9.17, 15) is 13.7 Å². The van der Waals surface area contributed by atoms with Gasteiger partial charge in [0.05, 0.1) is 5.56 Å². The molecular weight excluding hydrogens is 336 g/mol. The van der Waals surface area contributed by atoms with E-state index in [-0.39, 0.29) is 10.5 Å². The van der Waals surface area contributed by atoms with Crippen LogP contribution in [0.3, 0.4) is 0 Å². The summed E-state index contributed by atoms with van der Waals surface area (Å²) in [6, 6.07) is 10.9. The number of sulfonamides is 1. The van der Waals surface area contributed by atoms with Crippen molar-refractivity contribution in [1.29, 1.82) is 5.26 Å². The zero-order valence-electron chi connectivity index (χ0n) is 14.3. The molecule has 0 N–H and O–H groups in total. The van der Waals surface area contributed by atoms with Crippen molar-refractivity contribution in [1.82, 2.24) is 9.29 Å². The second-order valence-corrected chi connectivity index (χ2v) is 8.05. The maximum atomic E-state index is 13.0. The van der Waals surface area contributed by atoms with Gasteiger partial charge in [-0.15, -0.1) is 0 Å². The quantitative estimate of drug-likeness (QED) is 0.841. The molecule has 0 unspecified atom stereocenters. The Kier molecular flexibility index (Phi) is 4.75. The molecule has 1 fully saturated rings. The largest absolute Gasteiger partial charge is 0.354 e. The van der Waals surface area contributed by atoms with Crippen LogP contribution < -0.4 is 4.90 Å². The number of hydrogen-bond acceptors (Lipinski definition) is 5. The lowest BCUT2D eigenvalue weighted by Gasteiger charge is -2.34. The number of pyridine rings is 1. The van der Waals surface area contributed by atoms with E-state index in [0.717, 1.165) is 11.4 Å². The first-order chi connectivity index (χ1) is 11.9. The highest BCUT2D eigenvalue weighted by molar-refractivity contribution is 7.89. The predicted octanol–water partition coefficient (Wildman–Crippen LogP) is 2.08. The van der Waals surface area contributed by atoms with Crippen molar-refractivity contribution in [3.05, 3.63) is 53.2 Å². The highest BCUT2D eigenvalue weighted by Crippen LogP contribution is 2.24. The van der Waals surface area contributed by atoms with Crippen LogP contribution in [0.25, 0.3) is 0 Å². The van der Waals surface area contributed by atoms with Gasteiger partial charge >= 0.3 is 0 Å². The van der Waals surface area contributed by atoms with Crippen molar-refractivity contribution >= 4 is 15.8 Å². The molecule has 0 spiro atoms. The normalized spacial score (nSPS) is 15.8. The number of nitriles is 1. The second-order valence-electron chi connectivity index (χ2n) is 6.14. The molecule has 1 aliphatic rings. The van der Waals surface area contributed by atoms with Crippen molar-refractivity contribution in [2.45, 2.75) is 18.7 Å². The second kappa shape index (κ2) is 6.82. The van der Waals surface area contributed by atoms with Gasteiger partial charge in [-0.05, 0) is 43.2 Å². The Bertz CT molecular complexity index is 926. The third kappa shape index (κ3) is 3.36. The molecule has 2 aromatic rings. The third-order valence-corrected chi connectivity index (χ3v) is 6.37. The molecule has 1 aromatic carbocycles. The van der Waals surface area contributed by atoms with E-state index in [1.54, 1.807) is 25.3 Å². The molecule has 0 saturated carbocycles. The van der Waals surface area contributed by atoms with Crippen molar-refractivity contribution in [3.8, 4) is 6.07 Å². The summed E-state index contributed by atoms with van der Waals surface area (Å²) in [6.07, 6.45) is 1.76. The zero-order chi connectivity index (χ0) is 18.0. The number of hydrogen-bond donors (Lipinski definition) is 0. The fraction of sp³-hybridized carbons (Fsp3) is 0.333.